The van der Waals surface area contributed by atoms with Gasteiger partial charge >= 0.3 is 0 Å². The summed E-state index contributed by atoms with van der Waals surface area (Å²) in [4.78, 5) is 26.6. The number of halogens is 1. The Hall–Kier alpha value is -3.09. The van der Waals surface area contributed by atoms with Gasteiger partial charge in [-0.05, 0) is 49.2 Å². The van der Waals surface area contributed by atoms with E-state index in [1.165, 1.54) is 24.3 Å². The lowest BCUT2D eigenvalue weighted by atomic mass is 10.0. The van der Waals surface area contributed by atoms with Gasteiger partial charge in [-0.3, -0.25) is 14.6 Å². The van der Waals surface area contributed by atoms with E-state index < -0.39 is 23.8 Å². The van der Waals surface area contributed by atoms with Crippen LogP contribution in [0.4, 0.5) is 10.1 Å². The molecule has 0 radical (unpaired) electrons. The van der Waals surface area contributed by atoms with Crippen molar-refractivity contribution in [2.75, 3.05) is 4.90 Å². The molecule has 0 spiro atoms. The minimum absolute atomic E-state index is 0.345. The highest BCUT2D eigenvalue weighted by molar-refractivity contribution is 6.25. The highest BCUT2D eigenvalue weighted by atomic mass is 19.1. The number of aryl methyl sites for hydroxylation is 2. The molecule has 1 saturated heterocycles. The van der Waals surface area contributed by atoms with E-state index in [1.54, 1.807) is 5.01 Å². The topological polar surface area (TPSA) is 65.3 Å². The van der Waals surface area contributed by atoms with Crippen molar-refractivity contribution in [1.29, 1.82) is 0 Å². The Bertz CT molecular complexity index is 926. The van der Waals surface area contributed by atoms with E-state index in [-0.39, 0.29) is 5.91 Å². The highest BCUT2D eigenvalue weighted by Crippen LogP contribution is 2.33. The zero-order valence-electron chi connectivity index (χ0n) is 14.4. The summed E-state index contributed by atoms with van der Waals surface area (Å²) in [5.74, 6) is -1.25. The maximum atomic E-state index is 13.1. The Morgan fingerprint density at radius 1 is 1.04 bits per heavy atom. The third-order valence-electron chi connectivity index (χ3n) is 4.78. The molecule has 2 aromatic carbocycles. The van der Waals surface area contributed by atoms with Crippen LogP contribution in [0.5, 0.6) is 0 Å². The molecule has 0 bridgehead atoms. The van der Waals surface area contributed by atoms with E-state index in [1.807, 2.05) is 32.0 Å². The first kappa shape index (κ1) is 16.4. The molecule has 0 N–H and O–H groups in total. The largest absolute Gasteiger partial charge is 0.271 e. The van der Waals surface area contributed by atoms with Crippen LogP contribution < -0.4 is 4.90 Å². The molecular weight excluding hydrogens is 335 g/mol. The first-order valence-electron chi connectivity index (χ1n) is 8.32. The molecule has 2 heterocycles. The maximum absolute atomic E-state index is 13.1. The van der Waals surface area contributed by atoms with Gasteiger partial charge < -0.3 is 0 Å². The molecule has 0 unspecified atom stereocenters. The Morgan fingerprint density at radius 2 is 1.77 bits per heavy atom. The van der Waals surface area contributed by atoms with Crippen molar-refractivity contribution in [2.45, 2.75) is 32.5 Å². The second-order valence-electron chi connectivity index (χ2n) is 6.61. The molecule has 26 heavy (non-hydrogen) atoms. The van der Waals surface area contributed by atoms with Gasteiger partial charge in [0.05, 0.1) is 12.2 Å². The van der Waals surface area contributed by atoms with E-state index in [4.69, 9.17) is 0 Å². The summed E-state index contributed by atoms with van der Waals surface area (Å²) in [5, 5.41) is 9.64. The fraction of sp³-hybridized carbons (Fsp3) is 0.263. The number of hydrogen-bond donors (Lipinski definition) is 0. The van der Waals surface area contributed by atoms with Gasteiger partial charge in [0.25, 0.3) is 11.8 Å². The third-order valence-corrected chi connectivity index (χ3v) is 4.78. The van der Waals surface area contributed by atoms with Crippen LogP contribution in [-0.2, 0) is 16.1 Å². The van der Waals surface area contributed by atoms with Crippen LogP contribution in [0.15, 0.2) is 52.8 Å². The first-order chi connectivity index (χ1) is 12.5. The number of nitrogens with zero attached hydrogens (tertiary/aromatic N) is 4. The molecule has 4 rings (SSSR count). The molecule has 2 aliphatic heterocycles. The Kier molecular flexibility index (Phi) is 3.79. The molecular formula is C19H17FN4O2. The van der Waals surface area contributed by atoms with Gasteiger partial charge in [0, 0.05) is 0 Å². The van der Waals surface area contributed by atoms with Gasteiger partial charge in [-0.2, -0.15) is 5.11 Å². The van der Waals surface area contributed by atoms with Gasteiger partial charge in [0.1, 0.15) is 5.82 Å². The zero-order valence-corrected chi connectivity index (χ0v) is 14.4. The minimum atomic E-state index is -0.849. The number of carbonyl (C=O) groups excluding carboxylic acids is 2. The molecule has 6 nitrogen and oxygen atoms in total. The van der Waals surface area contributed by atoms with Crippen molar-refractivity contribution in [3.63, 3.8) is 0 Å². The minimum Gasteiger partial charge on any atom is -0.271 e. The summed E-state index contributed by atoms with van der Waals surface area (Å²) in [7, 11) is 0. The molecule has 0 aliphatic carbocycles. The van der Waals surface area contributed by atoms with Gasteiger partial charge in [-0.25, -0.2) is 9.29 Å². The Balaban J connectivity index is 1.62. The summed E-state index contributed by atoms with van der Waals surface area (Å²) in [5.41, 5.74) is 3.57. The van der Waals surface area contributed by atoms with Crippen molar-refractivity contribution < 1.29 is 14.0 Å². The molecule has 2 aromatic rings. The molecule has 1 fully saturated rings. The van der Waals surface area contributed by atoms with Gasteiger partial charge in [-0.15, -0.1) is 0 Å². The molecule has 2 atom stereocenters. The lowest BCUT2D eigenvalue weighted by Crippen LogP contribution is -2.39. The van der Waals surface area contributed by atoms with Crippen LogP contribution in [0.2, 0.25) is 0 Å². The normalized spacial score (nSPS) is 21.7. The molecule has 0 aromatic heterocycles. The lowest BCUT2D eigenvalue weighted by molar-refractivity contribution is -0.123. The second kappa shape index (κ2) is 6.01. The van der Waals surface area contributed by atoms with Crippen molar-refractivity contribution >= 4 is 17.5 Å². The lowest BCUT2D eigenvalue weighted by Gasteiger charge is -2.21. The number of rotatable bonds is 3. The third kappa shape index (κ3) is 2.56. The fourth-order valence-corrected chi connectivity index (χ4v) is 3.34. The molecule has 2 aliphatic rings. The monoisotopic (exact) mass is 352 g/mol. The van der Waals surface area contributed by atoms with Gasteiger partial charge in [0.2, 0.25) is 0 Å². The van der Waals surface area contributed by atoms with Gasteiger partial charge in [0.15, 0.2) is 12.1 Å². The predicted molar refractivity (Wildman–Crippen MR) is 92.8 cm³/mol. The average molecular weight is 352 g/mol. The zero-order chi connectivity index (χ0) is 18.4. The van der Waals surface area contributed by atoms with Crippen LogP contribution >= 0.6 is 0 Å². The number of anilines is 1. The number of benzene rings is 2. The fourth-order valence-electron chi connectivity index (χ4n) is 3.34. The summed E-state index contributed by atoms with van der Waals surface area (Å²) in [6.07, 6.45) is 0. The van der Waals surface area contributed by atoms with Gasteiger partial charge in [-0.1, -0.05) is 29.0 Å². The van der Waals surface area contributed by atoms with Crippen LogP contribution in [0, 0.1) is 19.7 Å². The molecule has 132 valence electrons. The van der Waals surface area contributed by atoms with E-state index in [0.717, 1.165) is 21.6 Å². The average Bonchev–Trinajstić information content (AvgIpc) is 3.13. The van der Waals surface area contributed by atoms with Crippen molar-refractivity contribution in [2.24, 2.45) is 10.3 Å². The summed E-state index contributed by atoms with van der Waals surface area (Å²) in [6, 6.07) is 9.74. The standard InChI is InChI=1S/C19H17FN4O2/c1-11-3-4-12(2)13(9-11)10-23-17-16(21-22-23)18(25)24(19(17)26)15-7-5-14(20)6-8-15/h3-9,16-17H,10H2,1-2H3/t16-,17-/m0/s1. The second-order valence-corrected chi connectivity index (χ2v) is 6.61. The van der Waals surface area contributed by atoms with Crippen molar-refractivity contribution in [3.05, 3.63) is 65.0 Å². The highest BCUT2D eigenvalue weighted by Gasteiger charge is 2.54. The first-order valence-corrected chi connectivity index (χ1v) is 8.32. The quantitative estimate of drug-likeness (QED) is 0.798. The smallest absolute Gasteiger partial charge is 0.263 e. The van der Waals surface area contributed by atoms with Crippen LogP contribution in [-0.4, -0.2) is 28.9 Å². The number of amides is 2. The number of fused-ring (bicyclic) bond motifs is 1. The van der Waals surface area contributed by atoms with E-state index in [9.17, 15) is 14.0 Å². The predicted octanol–water partition coefficient (Wildman–Crippen LogP) is 2.94. The summed E-state index contributed by atoms with van der Waals surface area (Å²) < 4.78 is 13.1. The Labute approximate surface area is 149 Å². The number of imide groups is 1. The van der Waals surface area contributed by atoms with E-state index in [0.29, 0.717) is 12.2 Å². The summed E-state index contributed by atoms with van der Waals surface area (Å²) in [6.45, 7) is 4.39. The van der Waals surface area contributed by atoms with E-state index >= 15 is 0 Å². The number of carbonyl (C=O) groups is 2. The van der Waals surface area contributed by atoms with Crippen molar-refractivity contribution in [1.82, 2.24) is 5.01 Å². The SMILES string of the molecule is Cc1ccc(C)c(CN2N=N[C@@H]3C(=O)N(c4ccc(F)cc4)C(=O)[C@H]32)c1. The van der Waals surface area contributed by atoms with Crippen LogP contribution in [0.1, 0.15) is 16.7 Å². The van der Waals surface area contributed by atoms with Crippen LogP contribution in [0.3, 0.4) is 0 Å². The van der Waals surface area contributed by atoms with Crippen molar-refractivity contribution in [3.8, 4) is 0 Å². The van der Waals surface area contributed by atoms with Crippen LogP contribution in [0.25, 0.3) is 0 Å². The molecule has 7 heteroatoms. The Morgan fingerprint density at radius 3 is 2.50 bits per heavy atom. The maximum Gasteiger partial charge on any atom is 0.263 e. The molecule has 2 amide bonds. The molecule has 0 saturated carbocycles. The summed E-state index contributed by atoms with van der Waals surface area (Å²) >= 11 is 0. The van der Waals surface area contributed by atoms with E-state index in [2.05, 4.69) is 10.3 Å². The number of hydrogen-bond acceptors (Lipinski definition) is 5.